The van der Waals surface area contributed by atoms with E-state index in [9.17, 15) is 4.79 Å². The summed E-state index contributed by atoms with van der Waals surface area (Å²) in [5.74, 6) is 0.470. The van der Waals surface area contributed by atoms with E-state index in [0.29, 0.717) is 5.92 Å². The molecule has 0 bridgehead atoms. The summed E-state index contributed by atoms with van der Waals surface area (Å²) in [7, 11) is 1.91. The molecule has 0 aromatic heterocycles. The third-order valence-corrected chi connectivity index (χ3v) is 1.70. The van der Waals surface area contributed by atoms with Gasteiger partial charge in [0.1, 0.15) is 0 Å². The average Bonchev–Trinajstić information content (AvgIpc) is 2.12. The molecule has 0 saturated carbocycles. The van der Waals surface area contributed by atoms with Crippen molar-refractivity contribution in [1.82, 2.24) is 16.0 Å². The molecule has 78 valence electrons. The van der Waals surface area contributed by atoms with Gasteiger partial charge >= 0.3 is 6.03 Å². The summed E-state index contributed by atoms with van der Waals surface area (Å²) in [6, 6.07) is -0.0650. The van der Waals surface area contributed by atoms with E-state index < -0.39 is 0 Å². The molecule has 0 aromatic rings. The van der Waals surface area contributed by atoms with E-state index in [0.717, 1.165) is 26.1 Å². The van der Waals surface area contributed by atoms with Crippen LogP contribution in [0, 0.1) is 5.92 Å². The second-order valence-corrected chi connectivity index (χ2v) is 3.30. The summed E-state index contributed by atoms with van der Waals surface area (Å²) < 4.78 is 0. The van der Waals surface area contributed by atoms with Gasteiger partial charge in [-0.05, 0) is 25.9 Å². The molecule has 1 atom stereocenters. The van der Waals surface area contributed by atoms with Gasteiger partial charge < -0.3 is 16.0 Å². The van der Waals surface area contributed by atoms with Crippen LogP contribution in [0.2, 0.25) is 0 Å². The Labute approximate surface area is 80.5 Å². The lowest BCUT2D eigenvalue weighted by Crippen LogP contribution is -2.39. The predicted octanol–water partition coefficient (Wildman–Crippen LogP) is 0.551. The molecule has 0 aliphatic heterocycles. The van der Waals surface area contributed by atoms with Gasteiger partial charge in [0, 0.05) is 13.1 Å². The number of carbonyl (C=O) groups excluding carboxylic acids is 1. The molecule has 4 heteroatoms. The molecule has 0 spiro atoms. The Balaban J connectivity index is 3.34. The zero-order valence-corrected chi connectivity index (χ0v) is 8.81. The number of urea groups is 1. The molecule has 0 aliphatic rings. The topological polar surface area (TPSA) is 53.2 Å². The highest BCUT2D eigenvalue weighted by atomic mass is 16.2. The number of hydrogen-bond acceptors (Lipinski definition) is 2. The van der Waals surface area contributed by atoms with E-state index >= 15 is 0 Å². The SMILES string of the molecule is CCCNC(=O)NCC(C)CNC. The van der Waals surface area contributed by atoms with E-state index in [1.165, 1.54) is 0 Å². The first-order valence-electron chi connectivity index (χ1n) is 4.87. The molecule has 0 heterocycles. The van der Waals surface area contributed by atoms with Crippen molar-refractivity contribution in [2.24, 2.45) is 5.92 Å². The quantitative estimate of drug-likeness (QED) is 0.569. The Bertz CT molecular complexity index is 139. The Morgan fingerprint density at radius 3 is 2.54 bits per heavy atom. The third kappa shape index (κ3) is 7.59. The average molecular weight is 187 g/mol. The number of hydrogen-bond donors (Lipinski definition) is 3. The first-order valence-corrected chi connectivity index (χ1v) is 4.87. The van der Waals surface area contributed by atoms with Crippen LogP contribution in [0.1, 0.15) is 20.3 Å². The lowest BCUT2D eigenvalue weighted by molar-refractivity contribution is 0.239. The molecule has 0 aliphatic carbocycles. The van der Waals surface area contributed by atoms with Gasteiger partial charge in [-0.25, -0.2) is 4.79 Å². The van der Waals surface area contributed by atoms with Crippen molar-refractivity contribution in [3.8, 4) is 0 Å². The van der Waals surface area contributed by atoms with Crippen molar-refractivity contribution in [3.05, 3.63) is 0 Å². The summed E-state index contributed by atoms with van der Waals surface area (Å²) in [6.07, 6.45) is 0.972. The van der Waals surface area contributed by atoms with Crippen molar-refractivity contribution in [3.63, 3.8) is 0 Å². The van der Waals surface area contributed by atoms with Gasteiger partial charge in [-0.2, -0.15) is 0 Å². The lowest BCUT2D eigenvalue weighted by Gasteiger charge is -2.12. The zero-order chi connectivity index (χ0) is 10.1. The highest BCUT2D eigenvalue weighted by Gasteiger charge is 2.02. The minimum atomic E-state index is -0.0650. The van der Waals surface area contributed by atoms with Crippen LogP contribution in [-0.4, -0.2) is 32.7 Å². The van der Waals surface area contributed by atoms with Gasteiger partial charge in [0.25, 0.3) is 0 Å². The molecule has 3 N–H and O–H groups in total. The van der Waals surface area contributed by atoms with Crippen LogP contribution in [0.4, 0.5) is 4.79 Å². The number of nitrogens with one attached hydrogen (secondary N) is 3. The van der Waals surface area contributed by atoms with E-state index in [1.807, 2.05) is 14.0 Å². The van der Waals surface area contributed by atoms with Gasteiger partial charge in [-0.15, -0.1) is 0 Å². The van der Waals surface area contributed by atoms with Crippen LogP contribution in [-0.2, 0) is 0 Å². The standard InChI is InChI=1S/C9H21N3O/c1-4-5-11-9(13)12-7-8(2)6-10-3/h8,10H,4-7H2,1-3H3,(H2,11,12,13). The minimum absolute atomic E-state index is 0.0650. The van der Waals surface area contributed by atoms with Crippen LogP contribution < -0.4 is 16.0 Å². The molecule has 0 aromatic carbocycles. The van der Waals surface area contributed by atoms with E-state index in [1.54, 1.807) is 0 Å². The highest BCUT2D eigenvalue weighted by Crippen LogP contribution is 1.88. The van der Waals surface area contributed by atoms with Crippen molar-refractivity contribution in [1.29, 1.82) is 0 Å². The smallest absolute Gasteiger partial charge is 0.314 e. The number of carbonyl (C=O) groups is 1. The molecule has 0 saturated heterocycles. The van der Waals surface area contributed by atoms with E-state index in [-0.39, 0.29) is 6.03 Å². The lowest BCUT2D eigenvalue weighted by atomic mass is 10.2. The summed E-state index contributed by atoms with van der Waals surface area (Å²) in [5.41, 5.74) is 0. The monoisotopic (exact) mass is 187 g/mol. The first kappa shape index (κ1) is 12.2. The molecule has 4 nitrogen and oxygen atoms in total. The van der Waals surface area contributed by atoms with Crippen LogP contribution in [0.5, 0.6) is 0 Å². The van der Waals surface area contributed by atoms with Crippen LogP contribution in [0.15, 0.2) is 0 Å². The molecule has 2 amide bonds. The van der Waals surface area contributed by atoms with Crippen molar-refractivity contribution in [2.45, 2.75) is 20.3 Å². The molecular formula is C9H21N3O. The largest absolute Gasteiger partial charge is 0.338 e. The van der Waals surface area contributed by atoms with E-state index in [4.69, 9.17) is 0 Å². The zero-order valence-electron chi connectivity index (χ0n) is 8.81. The van der Waals surface area contributed by atoms with Crippen LogP contribution in [0.25, 0.3) is 0 Å². The molecule has 0 fully saturated rings. The minimum Gasteiger partial charge on any atom is -0.338 e. The maximum absolute atomic E-state index is 11.1. The molecular weight excluding hydrogens is 166 g/mol. The molecule has 0 rings (SSSR count). The summed E-state index contributed by atoms with van der Waals surface area (Å²) in [4.78, 5) is 11.1. The maximum atomic E-state index is 11.1. The predicted molar refractivity (Wildman–Crippen MR) is 54.8 cm³/mol. The van der Waals surface area contributed by atoms with Gasteiger partial charge in [-0.3, -0.25) is 0 Å². The Hall–Kier alpha value is -0.770. The molecule has 1 unspecified atom stereocenters. The van der Waals surface area contributed by atoms with Gasteiger partial charge in [0.05, 0.1) is 0 Å². The first-order chi connectivity index (χ1) is 6.20. The third-order valence-electron chi connectivity index (χ3n) is 1.70. The van der Waals surface area contributed by atoms with E-state index in [2.05, 4.69) is 22.9 Å². The van der Waals surface area contributed by atoms with Crippen LogP contribution in [0.3, 0.4) is 0 Å². The Morgan fingerprint density at radius 1 is 1.31 bits per heavy atom. The Kier molecular flexibility index (Phi) is 7.39. The normalized spacial score (nSPS) is 12.2. The fraction of sp³-hybridized carbons (Fsp3) is 0.889. The molecule has 0 radical (unpaired) electrons. The second kappa shape index (κ2) is 7.86. The van der Waals surface area contributed by atoms with Gasteiger partial charge in [0.15, 0.2) is 0 Å². The fourth-order valence-corrected chi connectivity index (χ4v) is 0.989. The summed E-state index contributed by atoms with van der Waals surface area (Å²) in [6.45, 7) is 6.51. The van der Waals surface area contributed by atoms with Crippen molar-refractivity contribution >= 4 is 6.03 Å². The second-order valence-electron chi connectivity index (χ2n) is 3.30. The van der Waals surface area contributed by atoms with Crippen molar-refractivity contribution < 1.29 is 4.79 Å². The van der Waals surface area contributed by atoms with Gasteiger partial charge in [-0.1, -0.05) is 13.8 Å². The van der Waals surface area contributed by atoms with Crippen molar-refractivity contribution in [2.75, 3.05) is 26.7 Å². The summed E-state index contributed by atoms with van der Waals surface area (Å²) in [5, 5.41) is 8.63. The summed E-state index contributed by atoms with van der Waals surface area (Å²) >= 11 is 0. The Morgan fingerprint density at radius 2 is 2.00 bits per heavy atom. The fourth-order valence-electron chi connectivity index (χ4n) is 0.989. The number of amides is 2. The maximum Gasteiger partial charge on any atom is 0.314 e. The van der Waals surface area contributed by atoms with Gasteiger partial charge in [0.2, 0.25) is 0 Å². The molecule has 13 heavy (non-hydrogen) atoms. The highest BCUT2D eigenvalue weighted by molar-refractivity contribution is 5.73. The number of rotatable bonds is 6. The van der Waals surface area contributed by atoms with Crippen LogP contribution >= 0.6 is 0 Å².